The molecule has 0 aliphatic carbocycles. The Morgan fingerprint density at radius 2 is 1.67 bits per heavy atom. The van der Waals surface area contributed by atoms with Gasteiger partial charge in [0.2, 0.25) is 10.0 Å². The van der Waals surface area contributed by atoms with Crippen LogP contribution in [-0.2, 0) is 20.5 Å². The van der Waals surface area contributed by atoms with E-state index in [1.165, 1.54) is 0 Å². The molecule has 5 heteroatoms. The van der Waals surface area contributed by atoms with Crippen LogP contribution in [-0.4, -0.2) is 31.0 Å². The largest absolute Gasteiger partial charge is 0.375 e. The van der Waals surface area contributed by atoms with Gasteiger partial charge < -0.3 is 4.74 Å². The van der Waals surface area contributed by atoms with Gasteiger partial charge in [0.25, 0.3) is 0 Å². The van der Waals surface area contributed by atoms with Gasteiger partial charge in [0.05, 0.1) is 11.4 Å². The van der Waals surface area contributed by atoms with E-state index in [-0.39, 0.29) is 23.4 Å². The Hall–Kier alpha value is -1.69. The number of sulfonamides is 1. The number of hydrogen-bond donors (Lipinski definition) is 0. The smallest absolute Gasteiger partial charge is 0.219 e. The van der Waals surface area contributed by atoms with Gasteiger partial charge >= 0.3 is 0 Å². The summed E-state index contributed by atoms with van der Waals surface area (Å²) in [5.41, 5.74) is 1.51. The first kappa shape index (κ1) is 20.1. The Bertz CT molecular complexity index is 834. The predicted molar refractivity (Wildman–Crippen MR) is 109 cm³/mol. The lowest BCUT2D eigenvalue weighted by molar-refractivity contribution is -0.0758. The normalized spacial score (nSPS) is 21.1. The van der Waals surface area contributed by atoms with Gasteiger partial charge in [-0.2, -0.15) is 4.31 Å². The highest BCUT2D eigenvalue weighted by Crippen LogP contribution is 2.35. The summed E-state index contributed by atoms with van der Waals surface area (Å²) < 4.78 is 34.6. The topological polar surface area (TPSA) is 46.6 Å². The molecule has 2 aromatic rings. The van der Waals surface area contributed by atoms with Crippen LogP contribution in [0.3, 0.4) is 0 Å². The molecule has 4 nitrogen and oxygen atoms in total. The van der Waals surface area contributed by atoms with Crippen molar-refractivity contribution in [1.82, 2.24) is 4.31 Å². The lowest BCUT2D eigenvalue weighted by Gasteiger charge is -2.43. The molecule has 0 amide bonds. The van der Waals surface area contributed by atoms with Crippen LogP contribution >= 0.6 is 0 Å². The molecule has 0 spiro atoms. The summed E-state index contributed by atoms with van der Waals surface area (Å²) in [5, 5.41) is 0. The highest BCUT2D eigenvalue weighted by atomic mass is 32.2. The van der Waals surface area contributed by atoms with Crippen molar-refractivity contribution in [2.24, 2.45) is 0 Å². The predicted octanol–water partition coefficient (Wildman–Crippen LogP) is 4.54. The maximum absolute atomic E-state index is 13.5. The zero-order valence-corrected chi connectivity index (χ0v) is 17.2. The highest BCUT2D eigenvalue weighted by molar-refractivity contribution is 7.88. The van der Waals surface area contributed by atoms with E-state index in [2.05, 4.69) is 0 Å². The fraction of sp³-hybridized carbons (Fsp3) is 0.455. The first-order valence-electron chi connectivity index (χ1n) is 9.52. The van der Waals surface area contributed by atoms with Crippen LogP contribution < -0.4 is 0 Å². The number of rotatable bonds is 6. The molecule has 27 heavy (non-hydrogen) atoms. The zero-order valence-electron chi connectivity index (χ0n) is 16.3. The molecular formula is C22H29NO3S. The van der Waals surface area contributed by atoms with Crippen LogP contribution in [0.4, 0.5) is 0 Å². The van der Waals surface area contributed by atoms with Gasteiger partial charge in [-0.3, -0.25) is 0 Å². The van der Waals surface area contributed by atoms with Gasteiger partial charge in [0, 0.05) is 18.7 Å². The summed E-state index contributed by atoms with van der Waals surface area (Å²) in [6, 6.07) is 19.0. The fourth-order valence-corrected chi connectivity index (χ4v) is 5.94. The molecule has 0 N–H and O–H groups in total. The average Bonchev–Trinajstić information content (AvgIpc) is 2.62. The van der Waals surface area contributed by atoms with Crippen molar-refractivity contribution in [1.29, 1.82) is 0 Å². The van der Waals surface area contributed by atoms with Gasteiger partial charge in [0.1, 0.15) is 0 Å². The Labute approximate surface area is 163 Å². The van der Waals surface area contributed by atoms with Crippen molar-refractivity contribution in [2.75, 3.05) is 6.61 Å². The maximum atomic E-state index is 13.5. The lowest BCUT2D eigenvalue weighted by Crippen LogP contribution is -2.49. The third kappa shape index (κ3) is 4.98. The summed E-state index contributed by atoms with van der Waals surface area (Å²) in [4.78, 5) is 0. The summed E-state index contributed by atoms with van der Waals surface area (Å²) in [6.45, 7) is 6.64. The molecular weight excluding hydrogens is 358 g/mol. The van der Waals surface area contributed by atoms with E-state index in [1.807, 2.05) is 81.4 Å². The lowest BCUT2D eigenvalue weighted by atomic mass is 9.93. The maximum Gasteiger partial charge on any atom is 0.219 e. The van der Waals surface area contributed by atoms with Crippen LogP contribution in [0.2, 0.25) is 0 Å². The first-order valence-corrected chi connectivity index (χ1v) is 11.1. The molecule has 1 aliphatic heterocycles. The van der Waals surface area contributed by atoms with E-state index < -0.39 is 10.0 Å². The van der Waals surface area contributed by atoms with Crippen LogP contribution in [0, 0.1) is 0 Å². The van der Waals surface area contributed by atoms with Gasteiger partial charge in [-0.25, -0.2) is 8.42 Å². The van der Waals surface area contributed by atoms with Crippen LogP contribution in [0.5, 0.6) is 0 Å². The monoisotopic (exact) mass is 387 g/mol. The van der Waals surface area contributed by atoms with E-state index in [0.717, 1.165) is 11.1 Å². The zero-order chi connectivity index (χ0) is 19.5. The molecule has 1 fully saturated rings. The molecule has 1 aliphatic rings. The van der Waals surface area contributed by atoms with Gasteiger partial charge in [-0.1, -0.05) is 60.7 Å². The molecule has 0 radical (unpaired) electrons. The molecule has 2 atom stereocenters. The standard InChI is InChI=1S/C22H29NO3S/c1-18(20-12-8-5-9-13-20)23(21-14-15-26-22(2,3)16-21)27(24,25)17-19-10-6-4-7-11-19/h4-13,18,21H,14-17H2,1-3H3. The van der Waals surface area contributed by atoms with Crippen LogP contribution in [0.25, 0.3) is 0 Å². The number of hydrogen-bond acceptors (Lipinski definition) is 3. The Morgan fingerprint density at radius 1 is 1.07 bits per heavy atom. The van der Waals surface area contributed by atoms with E-state index in [9.17, 15) is 8.42 Å². The quantitative estimate of drug-likeness (QED) is 0.731. The highest BCUT2D eigenvalue weighted by Gasteiger charge is 2.40. The minimum Gasteiger partial charge on any atom is -0.375 e. The second-order valence-corrected chi connectivity index (χ2v) is 9.79. The molecule has 0 bridgehead atoms. The SMILES string of the molecule is CC(c1ccccc1)N(C1CCOC(C)(C)C1)S(=O)(=O)Cc1ccccc1. The van der Waals surface area contributed by atoms with Crippen molar-refractivity contribution >= 4 is 10.0 Å². The molecule has 2 unspecified atom stereocenters. The molecule has 3 rings (SSSR count). The van der Waals surface area contributed by atoms with Crippen molar-refractivity contribution < 1.29 is 13.2 Å². The second kappa shape index (κ2) is 8.13. The van der Waals surface area contributed by atoms with E-state index in [4.69, 9.17) is 4.74 Å². The second-order valence-electron chi connectivity index (χ2n) is 7.91. The molecule has 2 aromatic carbocycles. The third-order valence-electron chi connectivity index (χ3n) is 5.21. The van der Waals surface area contributed by atoms with Gasteiger partial charge in [0.15, 0.2) is 0 Å². The Morgan fingerprint density at radius 3 is 2.26 bits per heavy atom. The van der Waals surface area contributed by atoms with E-state index in [1.54, 1.807) is 4.31 Å². The number of nitrogens with zero attached hydrogens (tertiary/aromatic N) is 1. The first-order chi connectivity index (χ1) is 12.8. The summed E-state index contributed by atoms with van der Waals surface area (Å²) in [7, 11) is -3.49. The number of benzene rings is 2. The number of ether oxygens (including phenoxy) is 1. The summed E-state index contributed by atoms with van der Waals surface area (Å²) in [5.74, 6) is 0.0167. The van der Waals surface area contributed by atoms with Gasteiger partial charge in [-0.15, -0.1) is 0 Å². The molecule has 0 saturated carbocycles. The third-order valence-corrected chi connectivity index (χ3v) is 7.16. The van der Waals surface area contributed by atoms with Crippen LogP contribution in [0.1, 0.15) is 50.8 Å². The minimum atomic E-state index is -3.49. The van der Waals surface area contributed by atoms with Crippen molar-refractivity contribution in [3.05, 3.63) is 71.8 Å². The fourth-order valence-electron chi connectivity index (χ4n) is 3.94. The average molecular weight is 388 g/mol. The van der Waals surface area contributed by atoms with Gasteiger partial charge in [-0.05, 0) is 44.7 Å². The summed E-state index contributed by atoms with van der Waals surface area (Å²) >= 11 is 0. The van der Waals surface area contributed by atoms with E-state index >= 15 is 0 Å². The van der Waals surface area contributed by atoms with E-state index in [0.29, 0.717) is 19.4 Å². The summed E-state index contributed by atoms with van der Waals surface area (Å²) in [6.07, 6.45) is 1.41. The minimum absolute atomic E-state index is 0.0167. The Kier molecular flexibility index (Phi) is 6.04. The van der Waals surface area contributed by atoms with Crippen LogP contribution in [0.15, 0.2) is 60.7 Å². The molecule has 0 aromatic heterocycles. The van der Waals surface area contributed by atoms with Crippen molar-refractivity contribution in [3.8, 4) is 0 Å². The molecule has 146 valence electrons. The van der Waals surface area contributed by atoms with Crippen molar-refractivity contribution in [2.45, 2.75) is 57.1 Å². The van der Waals surface area contributed by atoms with Crippen molar-refractivity contribution in [3.63, 3.8) is 0 Å². The Balaban J connectivity index is 1.96. The molecule has 1 saturated heterocycles. The molecule has 1 heterocycles.